The van der Waals surface area contributed by atoms with Gasteiger partial charge in [0.05, 0.1) is 0 Å². The molecule has 0 unspecified atom stereocenters. The van der Waals surface area contributed by atoms with Gasteiger partial charge in [-0.2, -0.15) is 0 Å². The van der Waals surface area contributed by atoms with Gasteiger partial charge in [0.1, 0.15) is 0 Å². The third-order valence-electron chi connectivity index (χ3n) is 0. The van der Waals surface area contributed by atoms with E-state index in [1.807, 2.05) is 0 Å². The minimum atomic E-state index is 0. The van der Waals surface area contributed by atoms with Gasteiger partial charge in [0, 0.05) is 17.1 Å². The van der Waals surface area contributed by atoms with E-state index >= 15 is 0 Å². The average Bonchev–Trinajstić information content (AvgIpc) is 0. The van der Waals surface area contributed by atoms with Crippen LogP contribution in [0.2, 0.25) is 0 Å². The van der Waals surface area contributed by atoms with E-state index in [2.05, 4.69) is 0 Å². The molecule has 0 aromatic rings. The summed E-state index contributed by atoms with van der Waals surface area (Å²) in [6, 6.07) is 0. The van der Waals surface area contributed by atoms with Gasteiger partial charge < -0.3 is 0 Å². The molecule has 33 valence electrons. The Morgan fingerprint density at radius 2 is 1.00 bits per heavy atom. The molecule has 0 fully saturated rings. The molecule has 0 aliphatic heterocycles. The summed E-state index contributed by atoms with van der Waals surface area (Å²) in [5, 5.41) is 0. The quantitative estimate of drug-likeness (QED) is 0.300. The van der Waals surface area contributed by atoms with Crippen molar-refractivity contribution in [3.63, 3.8) is 0 Å². The van der Waals surface area contributed by atoms with Gasteiger partial charge in [0.25, 0.3) is 0 Å². The molecule has 0 spiro atoms. The van der Waals surface area contributed by atoms with Gasteiger partial charge in [-0.1, -0.05) is 0 Å². The van der Waals surface area contributed by atoms with Crippen molar-refractivity contribution in [3.05, 3.63) is 0 Å². The Bertz CT molecular complexity index is 8.00. The van der Waals surface area contributed by atoms with Crippen LogP contribution in [0.4, 0.5) is 0 Å². The van der Waals surface area contributed by atoms with Crippen LogP contribution in [-0.2, 0) is 17.1 Å². The van der Waals surface area contributed by atoms with Crippen LogP contribution in [0.1, 0.15) is 0 Å². The van der Waals surface area contributed by atoms with Gasteiger partial charge in [0.2, 0.25) is 0 Å². The van der Waals surface area contributed by atoms with Gasteiger partial charge in [-0.3, -0.25) is 0 Å². The van der Waals surface area contributed by atoms with E-state index in [0.717, 1.165) is 0 Å². The van der Waals surface area contributed by atoms with E-state index in [1.54, 1.807) is 0 Å². The Morgan fingerprint density at radius 3 is 1.00 bits per heavy atom. The van der Waals surface area contributed by atoms with Crippen molar-refractivity contribution in [2.75, 3.05) is 0 Å². The van der Waals surface area contributed by atoms with Gasteiger partial charge in [-0.15, -0.1) is 0 Å². The first-order chi connectivity index (χ1) is 0. The second-order valence-electron chi connectivity index (χ2n) is 0. The Morgan fingerprint density at radius 1 is 1.00 bits per heavy atom. The predicted molar refractivity (Wildman–Crippen MR) is 25.6 cm³/mol. The molecule has 4 heteroatoms. The van der Waals surface area contributed by atoms with E-state index in [-0.39, 0.29) is 91.4 Å². The van der Waals surface area contributed by atoms with Gasteiger partial charge in [-0.25, -0.2) is 0 Å². The zero-order chi connectivity index (χ0) is 0. The minimum absolute atomic E-state index is 0. The van der Waals surface area contributed by atoms with Crippen LogP contribution < -0.4 is 0 Å². The number of hydrogen-bond acceptors (Lipinski definition) is 0. The molecule has 0 heterocycles. The summed E-state index contributed by atoms with van der Waals surface area (Å²) < 4.78 is 0. The van der Waals surface area contributed by atoms with E-state index in [9.17, 15) is 0 Å². The maximum atomic E-state index is 0. The van der Waals surface area contributed by atoms with Crippen molar-refractivity contribution in [2.24, 2.45) is 0 Å². The summed E-state index contributed by atoms with van der Waals surface area (Å²) in [7, 11) is 0. The second-order valence-corrected chi connectivity index (χ2v) is 0. The van der Waals surface area contributed by atoms with Crippen LogP contribution in [0.3, 0.4) is 0 Å². The van der Waals surface area contributed by atoms with E-state index in [4.69, 9.17) is 0 Å². The summed E-state index contributed by atoms with van der Waals surface area (Å²) in [5.41, 5.74) is 0. The molecule has 0 N–H and O–H groups in total. The van der Waals surface area contributed by atoms with Crippen LogP contribution in [0, 0.1) is 0 Å². The summed E-state index contributed by atoms with van der Waals surface area (Å²) in [6.45, 7) is 0. The molecule has 0 aromatic heterocycles. The van der Waals surface area contributed by atoms with Crippen LogP contribution >= 0.6 is 0 Å². The summed E-state index contributed by atoms with van der Waals surface area (Å²) in [6.07, 6.45) is 0. The molecule has 3 radical (unpaired) electrons. The van der Waals surface area contributed by atoms with Crippen molar-refractivity contribution >= 4 is 74.3 Å². The monoisotopic (exact) mass is 529 g/mol. The first-order valence-corrected chi connectivity index (χ1v) is 0. The van der Waals surface area contributed by atoms with Crippen LogP contribution in [0.25, 0.3) is 0 Å². The summed E-state index contributed by atoms with van der Waals surface area (Å²) in [4.78, 5) is 0. The normalized spacial score (nSPS) is 0. The molecular formula is H6BiCuSbTe. The number of rotatable bonds is 0. The zero-order valence-corrected chi connectivity index (χ0v) is 14.3. The van der Waals surface area contributed by atoms with Crippen molar-refractivity contribution in [3.8, 4) is 0 Å². The van der Waals surface area contributed by atoms with Crippen molar-refractivity contribution in [2.45, 2.75) is 0 Å². The first-order valence-electron chi connectivity index (χ1n) is 0. The van der Waals surface area contributed by atoms with E-state index < -0.39 is 0 Å². The van der Waals surface area contributed by atoms with Crippen LogP contribution in [0.5, 0.6) is 0 Å². The van der Waals surface area contributed by atoms with Crippen LogP contribution in [0.15, 0.2) is 0 Å². The molecule has 0 aromatic carbocycles. The Labute approximate surface area is 89.6 Å². The molecular weight excluding hydrogens is 522 g/mol. The third kappa shape index (κ3) is 8.89. The maximum absolute atomic E-state index is 0. The van der Waals surface area contributed by atoms with Gasteiger partial charge in [0.15, 0.2) is 0 Å². The van der Waals surface area contributed by atoms with Gasteiger partial charge in [-0.05, 0) is 0 Å². The van der Waals surface area contributed by atoms with E-state index in [0.29, 0.717) is 0 Å². The summed E-state index contributed by atoms with van der Waals surface area (Å²) >= 11 is 0. The molecule has 0 atom stereocenters. The molecule has 0 amide bonds. The molecule has 0 aliphatic rings. The van der Waals surface area contributed by atoms with Crippen LogP contribution in [-0.4, -0.2) is 74.3 Å². The number of hydrogen-bond donors (Lipinski definition) is 0. The SMILES string of the molecule is [BiH3].[Cu].[SbH2].[TeH]. The predicted octanol–water partition coefficient (Wildman–Crippen LogP) is -2.75. The van der Waals surface area contributed by atoms with Gasteiger partial charge >= 0.3 is 74.3 Å². The molecule has 0 saturated heterocycles. The average molecular weight is 528 g/mol. The molecule has 0 saturated carbocycles. The Hall–Kier alpha value is 3.01. The van der Waals surface area contributed by atoms with Crippen molar-refractivity contribution < 1.29 is 17.1 Å². The second kappa shape index (κ2) is 16.6. The van der Waals surface area contributed by atoms with Crippen molar-refractivity contribution in [1.82, 2.24) is 0 Å². The fraction of sp³-hybridized carbons (Fsp3) is 0. The topological polar surface area (TPSA) is 0 Å². The zero-order valence-electron chi connectivity index (χ0n) is 2.03. The molecule has 0 nitrogen and oxygen atoms in total. The fourth-order valence-corrected chi connectivity index (χ4v) is 0. The van der Waals surface area contributed by atoms with Crippen molar-refractivity contribution in [1.29, 1.82) is 0 Å². The Balaban J connectivity index is 0. The molecule has 0 rings (SSSR count). The Kier molecular flexibility index (Phi) is 116. The first kappa shape index (κ1) is 27.9. The molecule has 0 bridgehead atoms. The summed E-state index contributed by atoms with van der Waals surface area (Å²) in [5.74, 6) is 0. The molecule has 4 heavy (non-hydrogen) atoms. The molecule has 0 aliphatic carbocycles. The fourth-order valence-electron chi connectivity index (χ4n) is 0. The standard InChI is InChI=1S/Bi.Cu.Sb.HTe.5H/h;;;1H;;;;;. The van der Waals surface area contributed by atoms with E-state index in [1.165, 1.54) is 0 Å². The third-order valence-corrected chi connectivity index (χ3v) is 0.